The summed E-state index contributed by atoms with van der Waals surface area (Å²) >= 11 is 2.08. The zero-order valence-corrected chi connectivity index (χ0v) is 59.1. The molecular formula is C60H95N8O26S2+. The number of carboxylic acid groups (broad SMARTS) is 1. The number of rotatable bonds is 34. The second-order valence-corrected chi connectivity index (χ2v) is 24.5. The topological polar surface area (TPSA) is 422 Å². The molecule has 96 heavy (non-hydrogen) atoms. The lowest BCUT2D eigenvalue weighted by atomic mass is 10.1. The zero-order chi connectivity index (χ0) is 72.6. The summed E-state index contributed by atoms with van der Waals surface area (Å²) in [6, 6.07) is 0. The van der Waals surface area contributed by atoms with Crippen LogP contribution < -0.4 is 24.6 Å². The number of amides is 1. The average Bonchev–Trinajstić information content (AvgIpc) is 1.66. The monoisotopic (exact) mass is 1410 g/mol. The molecule has 2 aliphatic heterocycles. The van der Waals surface area contributed by atoms with Gasteiger partial charge in [0.15, 0.2) is 54.4 Å². The fourth-order valence-corrected chi connectivity index (χ4v) is 8.67. The van der Waals surface area contributed by atoms with E-state index in [1.54, 1.807) is 13.8 Å². The van der Waals surface area contributed by atoms with Crippen molar-refractivity contribution in [1.82, 2.24) is 27.7 Å². The number of carboxylic acids is 1. The highest BCUT2D eigenvalue weighted by molar-refractivity contribution is 6.99. The van der Waals surface area contributed by atoms with Crippen molar-refractivity contribution in [2.24, 2.45) is 0 Å². The maximum absolute atomic E-state index is 12.9. The number of aliphatic hydroxyl groups excluding tert-OH is 1. The molecule has 0 aromatic carbocycles. The first-order valence-electron chi connectivity index (χ1n) is 31.1. The molecule has 36 heteroatoms. The van der Waals surface area contributed by atoms with E-state index in [1.165, 1.54) is 60.3 Å². The van der Waals surface area contributed by atoms with Gasteiger partial charge in [-0.15, -0.1) is 8.75 Å². The summed E-state index contributed by atoms with van der Waals surface area (Å²) in [5.41, 5.74) is -0.903. The number of aliphatic carboxylic acids is 1. The van der Waals surface area contributed by atoms with Gasteiger partial charge in [0.2, 0.25) is 17.5 Å². The van der Waals surface area contributed by atoms with Crippen LogP contribution in [0.5, 0.6) is 11.8 Å². The third-order valence-corrected chi connectivity index (χ3v) is 13.9. The van der Waals surface area contributed by atoms with Crippen molar-refractivity contribution >= 4 is 101 Å². The van der Waals surface area contributed by atoms with Gasteiger partial charge in [0, 0.05) is 71.9 Å². The van der Waals surface area contributed by atoms with E-state index in [9.17, 15) is 57.8 Å². The molecular weight excluding hydrogens is 1310 g/mol. The van der Waals surface area contributed by atoms with Crippen LogP contribution in [0.4, 0.5) is 11.6 Å². The number of esters is 9. The summed E-state index contributed by atoms with van der Waals surface area (Å²) in [7, 11) is 0. The number of nitrogens with one attached hydrogen (secondary N) is 1. The van der Waals surface area contributed by atoms with Crippen LogP contribution in [0.2, 0.25) is 0 Å². The molecule has 2 fully saturated rings. The quantitative estimate of drug-likeness (QED) is 0.0515. The minimum atomic E-state index is -1.44. The molecule has 0 unspecified atom stereocenters. The van der Waals surface area contributed by atoms with E-state index < -0.39 is 126 Å². The number of hydrogen-bond acceptors (Lipinski definition) is 34. The van der Waals surface area contributed by atoms with E-state index in [0.29, 0.717) is 75.8 Å². The Bertz CT molecular complexity index is 2820. The van der Waals surface area contributed by atoms with Crippen LogP contribution in [0.3, 0.4) is 0 Å². The van der Waals surface area contributed by atoms with E-state index in [2.05, 4.69) is 39.4 Å². The Balaban J connectivity index is 0.000000532. The van der Waals surface area contributed by atoms with Crippen molar-refractivity contribution in [3.05, 3.63) is 6.92 Å². The third-order valence-electron chi connectivity index (χ3n) is 12.9. The second-order valence-electron chi connectivity index (χ2n) is 23.5. The van der Waals surface area contributed by atoms with Gasteiger partial charge in [-0.25, -0.2) is 38.4 Å². The van der Waals surface area contributed by atoms with Gasteiger partial charge in [0.25, 0.3) is 11.8 Å². The van der Waals surface area contributed by atoms with Crippen molar-refractivity contribution in [3.8, 4) is 11.8 Å². The van der Waals surface area contributed by atoms with Crippen LogP contribution in [0, 0.1) is 6.92 Å². The molecule has 2 saturated heterocycles. The lowest BCUT2D eigenvalue weighted by Crippen LogP contribution is -2.49. The van der Waals surface area contributed by atoms with Crippen molar-refractivity contribution in [1.29, 1.82) is 0 Å². The number of carbonyl (C=O) groups is 11. The van der Waals surface area contributed by atoms with E-state index >= 15 is 0 Å². The fraction of sp³-hybridized carbons (Fsp3) is 0.733. The molecule has 4 rings (SSSR count). The molecule has 0 saturated carbocycles. The number of aromatic nitrogens is 4. The number of carbonyl (C=O) groups excluding carboxylic acids is 10. The number of aliphatic hydroxyl groups is 1. The van der Waals surface area contributed by atoms with E-state index in [4.69, 9.17) is 61.9 Å². The molecule has 0 aliphatic carbocycles. The van der Waals surface area contributed by atoms with Crippen LogP contribution in [0.15, 0.2) is 0 Å². The van der Waals surface area contributed by atoms with Crippen LogP contribution >= 0.6 is 23.5 Å². The Morgan fingerprint density at radius 1 is 0.531 bits per heavy atom. The number of anilines is 2. The second kappa shape index (κ2) is 42.0. The van der Waals surface area contributed by atoms with Crippen LogP contribution in [0.25, 0.3) is 0 Å². The lowest BCUT2D eigenvalue weighted by Gasteiger charge is -2.31. The van der Waals surface area contributed by atoms with Gasteiger partial charge in [0.05, 0.1) is 63.4 Å². The predicted molar refractivity (Wildman–Crippen MR) is 339 cm³/mol. The molecule has 3 N–H and O–H groups in total. The lowest BCUT2D eigenvalue weighted by molar-refractivity contribution is -0.185. The van der Waals surface area contributed by atoms with E-state index in [0.717, 1.165) is 43.5 Å². The van der Waals surface area contributed by atoms with Crippen LogP contribution in [-0.4, -0.2) is 249 Å². The summed E-state index contributed by atoms with van der Waals surface area (Å²) in [4.78, 5) is 136. The van der Waals surface area contributed by atoms with Crippen LogP contribution in [0.1, 0.15) is 136 Å². The molecule has 542 valence electrons. The fourth-order valence-electron chi connectivity index (χ4n) is 7.63. The predicted octanol–water partition coefficient (Wildman–Crippen LogP) is 2.75. The van der Waals surface area contributed by atoms with Crippen LogP contribution in [-0.2, 0) is 105 Å². The number of morpholine rings is 2. The Morgan fingerprint density at radius 3 is 1.17 bits per heavy atom. The number of nitrogens with zero attached hydrogens (tertiary/aromatic N) is 7. The first-order chi connectivity index (χ1) is 44.9. The zero-order valence-electron chi connectivity index (χ0n) is 57.4. The molecule has 0 radical (unpaired) electrons. The summed E-state index contributed by atoms with van der Waals surface area (Å²) in [5.74, 6) is -7.60. The van der Waals surface area contributed by atoms with Gasteiger partial charge in [-0.2, -0.15) is 8.75 Å². The molecule has 2 aromatic rings. The van der Waals surface area contributed by atoms with Gasteiger partial charge < -0.3 is 86.9 Å². The van der Waals surface area contributed by atoms with Crippen molar-refractivity contribution in [2.75, 3.05) is 88.7 Å². The summed E-state index contributed by atoms with van der Waals surface area (Å²) in [6.07, 6.45) is -11.1. The van der Waals surface area contributed by atoms with Crippen molar-refractivity contribution < 1.29 is 125 Å². The summed E-state index contributed by atoms with van der Waals surface area (Å²) in [6.45, 7) is 33.9. The maximum Gasteiger partial charge on any atom is 0.347 e. The van der Waals surface area contributed by atoms with E-state index in [1.807, 2.05) is 39.5 Å². The molecule has 0 spiro atoms. The number of hydrogen-bond donors (Lipinski definition) is 3. The first-order valence-corrected chi connectivity index (χ1v) is 32.5. The molecule has 4 heterocycles. The normalized spacial score (nSPS) is 16.2. The van der Waals surface area contributed by atoms with Gasteiger partial charge in [-0.3, -0.25) is 19.3 Å². The third kappa shape index (κ3) is 31.8. The highest BCUT2D eigenvalue weighted by Crippen LogP contribution is 2.28. The van der Waals surface area contributed by atoms with Crippen molar-refractivity contribution in [3.63, 3.8) is 0 Å². The molecule has 10 atom stereocenters. The Morgan fingerprint density at radius 2 is 0.854 bits per heavy atom. The van der Waals surface area contributed by atoms with Gasteiger partial charge in [0.1, 0.15) is 25.4 Å². The Kier molecular flexibility index (Phi) is 36.9. The van der Waals surface area contributed by atoms with E-state index in [-0.39, 0.29) is 50.6 Å². The molecule has 0 bridgehead atoms. The maximum atomic E-state index is 12.9. The number of ether oxygens (including phenoxy) is 13. The minimum Gasteiger partial charge on any atom is -0.479 e. The molecule has 2 aromatic heterocycles. The summed E-state index contributed by atoms with van der Waals surface area (Å²) in [5, 5.41) is 22.1. The largest absolute Gasteiger partial charge is 0.479 e. The number of β-amino-alcohol motifs (C(OH)–C–C–N with tert-alkyl or cyclic N) is 1. The summed E-state index contributed by atoms with van der Waals surface area (Å²) < 4.78 is 84.0. The van der Waals surface area contributed by atoms with Gasteiger partial charge in [-0.1, -0.05) is 13.8 Å². The standard InChI is InChI=1S/C29H46N4O12S.C16H24O10.C15H25N4O4S/c1-9-10-22(34)41-17(2)25(35)42-18(3)26(36)43-19(4)27(37)44-20(5)28(38)45-21(15-30-29(6,7)8)16-40-24-23(31-46-32-24)33-11-13-39-14-12-33;1-6-7-12(17)23-9(3)14(20)25-11(5)16(22)26-10(4)15(21)24-8(2)13(18)19;1-11(20)19(15(2,3)4)9-12(21)10-23-14-13(16-24-17-14)18-5-7-22-8-6-18/h17-21,30H,9-16H2,1-8H3;8-11H,6-7H2,1-5H3,(H,18,19);12,21H,2,5-10H2,1,3-4H3/q;;+1/t17-,18-,19-,20-,21-;8-,9+,10-,11-;12-/m010/s1. The molecule has 34 nitrogen and oxygen atoms in total. The highest BCUT2D eigenvalue weighted by atomic mass is 32.1. The highest BCUT2D eigenvalue weighted by Gasteiger charge is 2.35. The van der Waals surface area contributed by atoms with Gasteiger partial charge in [-0.05, 0) is 89.0 Å². The smallest absolute Gasteiger partial charge is 0.347 e. The SMILES string of the molecule is CCCC(=O)O[C@@H](C)C(=O)O[C@@H](C)C(=O)O[C@@H](C)C(=O)O[C@@H](C)C(=O)O[C@@H](CNC(C)(C)C)COc1nsnc1N1CCOCC1.CCCC(=O)O[C@@H](C)C(=O)O[C@H](C)C(=O)O[C@H](C)C(=O)O[C@H](C)C(=O)O.[CH2+]C(C)(C)N(C[C@H](O)COc1nsnc1N1CCOCC1)C(C)=O. The molecule has 2 aliphatic rings. The average molecular weight is 1410 g/mol. The Labute approximate surface area is 566 Å². The van der Waals surface area contributed by atoms with Crippen molar-refractivity contribution in [2.45, 2.75) is 209 Å². The van der Waals surface area contributed by atoms with Gasteiger partial charge >= 0.3 is 59.7 Å². The molecule has 1 amide bonds. The Hall–Kier alpha value is -7.80. The minimum absolute atomic E-state index is 0.0304. The first kappa shape index (κ1) is 84.3.